The number of aryl methyl sites for hydroxylation is 1. The van der Waals surface area contributed by atoms with E-state index >= 15 is 0 Å². The Kier molecular flexibility index (Phi) is 7.33. The molecule has 0 spiro atoms. The Hall–Kier alpha value is -2.57. The van der Waals surface area contributed by atoms with Crippen molar-refractivity contribution in [1.29, 1.82) is 0 Å². The molecule has 1 N–H and O–H groups in total. The molecule has 2 heterocycles. The number of piperidine rings is 1. The quantitative estimate of drug-likeness (QED) is 0.751. The molecule has 0 bridgehead atoms. The largest absolute Gasteiger partial charge is 0.340 e. The summed E-state index contributed by atoms with van der Waals surface area (Å²) < 4.78 is 0. The second kappa shape index (κ2) is 10.4. The van der Waals surface area contributed by atoms with Crippen LogP contribution in [0.1, 0.15) is 24.0 Å². The highest BCUT2D eigenvalue weighted by molar-refractivity contribution is 6.30. The molecule has 2 aliphatic rings. The number of amides is 3. The van der Waals surface area contributed by atoms with Gasteiger partial charge in [-0.3, -0.25) is 9.69 Å². The van der Waals surface area contributed by atoms with Gasteiger partial charge >= 0.3 is 6.03 Å². The smallest absolute Gasteiger partial charge is 0.321 e. The minimum Gasteiger partial charge on any atom is -0.340 e. The average molecular weight is 455 g/mol. The number of rotatable bonds is 4. The molecule has 2 aromatic carbocycles. The first-order chi connectivity index (χ1) is 15.5. The topological polar surface area (TPSA) is 55.9 Å². The number of halogens is 1. The van der Waals surface area contributed by atoms with E-state index in [-0.39, 0.29) is 17.9 Å². The molecule has 32 heavy (non-hydrogen) atoms. The average Bonchev–Trinajstić information content (AvgIpc) is 2.81. The van der Waals surface area contributed by atoms with Crippen LogP contribution in [0.4, 0.5) is 10.5 Å². The summed E-state index contributed by atoms with van der Waals surface area (Å²) in [5.74, 6) is 0.0685. The molecule has 0 saturated carbocycles. The maximum Gasteiger partial charge on any atom is 0.321 e. The number of hydrogen-bond donors (Lipinski definition) is 1. The fourth-order valence-corrected chi connectivity index (χ4v) is 4.65. The zero-order valence-corrected chi connectivity index (χ0v) is 19.4. The van der Waals surface area contributed by atoms with Crippen molar-refractivity contribution in [3.8, 4) is 0 Å². The third-order valence-corrected chi connectivity index (χ3v) is 6.58. The lowest BCUT2D eigenvalue weighted by Gasteiger charge is -2.39. The summed E-state index contributed by atoms with van der Waals surface area (Å²) in [4.78, 5) is 32.0. The number of nitrogens with zero attached hydrogens (tertiary/aromatic N) is 3. The lowest BCUT2D eigenvalue weighted by molar-refractivity contribution is -0.138. The minimum atomic E-state index is -0.124. The number of urea groups is 1. The molecule has 0 radical (unpaired) electrons. The normalized spacial score (nSPS) is 19.6. The van der Waals surface area contributed by atoms with Crippen LogP contribution in [0.5, 0.6) is 0 Å². The molecular formula is C25H31ClN4O2. The van der Waals surface area contributed by atoms with Gasteiger partial charge in [0.1, 0.15) is 0 Å². The Balaban J connectivity index is 1.27. The summed E-state index contributed by atoms with van der Waals surface area (Å²) in [6, 6.07) is 15.6. The van der Waals surface area contributed by atoms with E-state index in [1.165, 1.54) is 5.56 Å². The highest BCUT2D eigenvalue weighted by Gasteiger charge is 2.32. The maximum atomic E-state index is 13.2. The van der Waals surface area contributed by atoms with E-state index in [1.807, 2.05) is 48.2 Å². The van der Waals surface area contributed by atoms with E-state index in [9.17, 15) is 9.59 Å². The molecule has 7 heteroatoms. The fraction of sp³-hybridized carbons (Fsp3) is 0.440. The minimum absolute atomic E-state index is 0.116. The van der Waals surface area contributed by atoms with Crippen molar-refractivity contribution >= 4 is 29.2 Å². The number of piperazine rings is 1. The second-order valence-electron chi connectivity index (χ2n) is 8.81. The van der Waals surface area contributed by atoms with Gasteiger partial charge in [0.25, 0.3) is 0 Å². The number of nitrogens with one attached hydrogen (secondary N) is 1. The third kappa shape index (κ3) is 5.81. The van der Waals surface area contributed by atoms with Gasteiger partial charge in [0.05, 0.1) is 5.92 Å². The number of benzene rings is 2. The van der Waals surface area contributed by atoms with Crippen molar-refractivity contribution in [2.24, 2.45) is 5.92 Å². The van der Waals surface area contributed by atoms with E-state index in [4.69, 9.17) is 11.6 Å². The summed E-state index contributed by atoms with van der Waals surface area (Å²) in [7, 11) is 0. The molecule has 2 aromatic rings. The number of hydrogen-bond acceptors (Lipinski definition) is 3. The fourth-order valence-electron chi connectivity index (χ4n) is 4.52. The van der Waals surface area contributed by atoms with Crippen LogP contribution in [0.25, 0.3) is 0 Å². The van der Waals surface area contributed by atoms with Gasteiger partial charge in [-0.2, -0.15) is 0 Å². The summed E-state index contributed by atoms with van der Waals surface area (Å²) in [6.07, 6.45) is 1.70. The van der Waals surface area contributed by atoms with E-state index in [2.05, 4.69) is 22.3 Å². The maximum absolute atomic E-state index is 13.2. The van der Waals surface area contributed by atoms with Crippen molar-refractivity contribution < 1.29 is 9.59 Å². The van der Waals surface area contributed by atoms with Crippen LogP contribution < -0.4 is 5.32 Å². The van der Waals surface area contributed by atoms with Crippen LogP contribution in [0, 0.1) is 12.8 Å². The van der Waals surface area contributed by atoms with Gasteiger partial charge in [-0.05, 0) is 55.2 Å². The highest BCUT2D eigenvalue weighted by atomic mass is 35.5. The van der Waals surface area contributed by atoms with Crippen molar-refractivity contribution in [3.63, 3.8) is 0 Å². The number of likely N-dealkylation sites (tertiary alicyclic amines) is 1. The van der Waals surface area contributed by atoms with Crippen LogP contribution in [0.15, 0.2) is 48.5 Å². The van der Waals surface area contributed by atoms with Gasteiger partial charge in [-0.25, -0.2) is 4.79 Å². The first-order valence-corrected chi connectivity index (χ1v) is 11.7. The van der Waals surface area contributed by atoms with Crippen LogP contribution in [-0.4, -0.2) is 65.9 Å². The molecular weight excluding hydrogens is 424 g/mol. The zero-order chi connectivity index (χ0) is 22.5. The van der Waals surface area contributed by atoms with Crippen molar-refractivity contribution in [1.82, 2.24) is 14.7 Å². The molecule has 1 atom stereocenters. The predicted octanol–water partition coefficient (Wildman–Crippen LogP) is 4.24. The number of carbonyl (C=O) groups excluding carboxylic acids is 2. The van der Waals surface area contributed by atoms with E-state index < -0.39 is 0 Å². The van der Waals surface area contributed by atoms with Crippen LogP contribution in [0.3, 0.4) is 0 Å². The molecule has 3 amide bonds. The number of carbonyl (C=O) groups is 2. The van der Waals surface area contributed by atoms with E-state index in [0.29, 0.717) is 13.1 Å². The first kappa shape index (κ1) is 22.6. The van der Waals surface area contributed by atoms with Crippen LogP contribution >= 0.6 is 11.6 Å². The lowest BCUT2D eigenvalue weighted by Crippen LogP contribution is -2.53. The van der Waals surface area contributed by atoms with Gasteiger partial charge in [-0.1, -0.05) is 35.9 Å². The highest BCUT2D eigenvalue weighted by Crippen LogP contribution is 2.22. The first-order valence-electron chi connectivity index (χ1n) is 11.4. The lowest BCUT2D eigenvalue weighted by atomic mass is 9.96. The summed E-state index contributed by atoms with van der Waals surface area (Å²) in [5, 5.41) is 3.72. The van der Waals surface area contributed by atoms with E-state index in [1.54, 1.807) is 4.90 Å². The summed E-state index contributed by atoms with van der Waals surface area (Å²) >= 11 is 5.97. The van der Waals surface area contributed by atoms with Gasteiger partial charge in [0.15, 0.2) is 0 Å². The van der Waals surface area contributed by atoms with Crippen LogP contribution in [-0.2, 0) is 11.3 Å². The molecule has 170 valence electrons. The third-order valence-electron chi connectivity index (χ3n) is 6.33. The molecule has 0 aliphatic carbocycles. The van der Waals surface area contributed by atoms with Gasteiger partial charge in [0, 0.05) is 56.5 Å². The predicted molar refractivity (Wildman–Crippen MR) is 128 cm³/mol. The number of anilines is 1. The van der Waals surface area contributed by atoms with Crippen LogP contribution in [0.2, 0.25) is 5.02 Å². The Morgan fingerprint density at radius 3 is 2.47 bits per heavy atom. The molecule has 1 unspecified atom stereocenters. The molecule has 2 fully saturated rings. The summed E-state index contributed by atoms with van der Waals surface area (Å²) in [6.45, 7) is 7.24. The zero-order valence-electron chi connectivity index (χ0n) is 18.6. The van der Waals surface area contributed by atoms with E-state index in [0.717, 1.165) is 61.8 Å². The Morgan fingerprint density at radius 2 is 1.75 bits per heavy atom. The molecule has 6 nitrogen and oxygen atoms in total. The van der Waals surface area contributed by atoms with Gasteiger partial charge in [-0.15, -0.1) is 0 Å². The van der Waals surface area contributed by atoms with Crippen molar-refractivity contribution in [3.05, 3.63) is 64.7 Å². The van der Waals surface area contributed by atoms with Gasteiger partial charge in [0.2, 0.25) is 5.91 Å². The van der Waals surface area contributed by atoms with Crippen molar-refractivity contribution in [2.75, 3.05) is 44.6 Å². The monoisotopic (exact) mass is 454 g/mol. The Labute approximate surface area is 195 Å². The molecule has 2 saturated heterocycles. The SMILES string of the molecule is Cc1cccc(NC(=O)N2CCCC(C(=O)N3CCN(Cc4ccc(Cl)cc4)CC3)C2)c1. The molecule has 0 aromatic heterocycles. The Morgan fingerprint density at radius 1 is 1.00 bits per heavy atom. The Bertz CT molecular complexity index is 941. The second-order valence-corrected chi connectivity index (χ2v) is 9.25. The summed E-state index contributed by atoms with van der Waals surface area (Å²) in [5.41, 5.74) is 3.13. The molecule has 2 aliphatic heterocycles. The standard InChI is InChI=1S/C25H31ClN4O2/c1-19-4-2-6-23(16-19)27-25(32)30-11-3-5-21(18-30)24(31)29-14-12-28(13-15-29)17-20-7-9-22(26)10-8-20/h2,4,6-10,16,21H,3,5,11-15,17-18H2,1H3,(H,27,32). The van der Waals surface area contributed by atoms with Gasteiger partial charge < -0.3 is 15.1 Å². The van der Waals surface area contributed by atoms with Crippen molar-refractivity contribution in [2.45, 2.75) is 26.3 Å². The molecule has 4 rings (SSSR count).